The van der Waals surface area contributed by atoms with Crippen molar-refractivity contribution in [2.45, 2.75) is 37.1 Å². The first-order valence-electron chi connectivity index (χ1n) is 6.90. The Hall–Kier alpha value is -1.44. The van der Waals surface area contributed by atoms with Crippen LogP contribution in [0.1, 0.15) is 35.7 Å². The Morgan fingerprint density at radius 2 is 2.24 bits per heavy atom. The van der Waals surface area contributed by atoms with E-state index in [-0.39, 0.29) is 16.5 Å². The maximum absolute atomic E-state index is 12.3. The van der Waals surface area contributed by atoms with Crippen molar-refractivity contribution in [1.82, 2.24) is 4.72 Å². The number of carboxylic acid groups (broad SMARTS) is 1. The highest BCUT2D eigenvalue weighted by atomic mass is 32.2. The zero-order valence-electron chi connectivity index (χ0n) is 11.8. The van der Waals surface area contributed by atoms with Crippen molar-refractivity contribution >= 4 is 16.0 Å². The molecule has 0 spiro atoms. The van der Waals surface area contributed by atoms with Crippen molar-refractivity contribution in [3.63, 3.8) is 0 Å². The third-order valence-electron chi connectivity index (χ3n) is 3.49. The predicted molar refractivity (Wildman–Crippen MR) is 76.9 cm³/mol. The third-order valence-corrected chi connectivity index (χ3v) is 5.00. The minimum atomic E-state index is -3.73. The molecule has 1 heterocycles. The Balaban J connectivity index is 2.27. The number of benzene rings is 1. The average molecular weight is 313 g/mol. The highest BCUT2D eigenvalue weighted by Gasteiger charge is 2.23. The number of hydrogen-bond donors (Lipinski definition) is 2. The lowest BCUT2D eigenvalue weighted by atomic mass is 10.1. The number of carbonyl (C=O) groups is 1. The molecule has 1 fully saturated rings. The first-order chi connectivity index (χ1) is 9.94. The number of sulfonamides is 1. The second-order valence-corrected chi connectivity index (χ2v) is 6.73. The van der Waals surface area contributed by atoms with Crippen LogP contribution in [0.5, 0.6) is 0 Å². The number of nitrogens with one attached hydrogen (secondary N) is 1. The molecular weight excluding hydrogens is 294 g/mol. The molecule has 0 bridgehead atoms. The van der Waals surface area contributed by atoms with Crippen molar-refractivity contribution in [2.24, 2.45) is 0 Å². The molecule has 1 atom stereocenters. The van der Waals surface area contributed by atoms with Crippen LogP contribution in [-0.2, 0) is 21.2 Å². The number of aromatic carboxylic acids is 1. The summed E-state index contributed by atoms with van der Waals surface area (Å²) in [5.41, 5.74) is 0.641. The van der Waals surface area contributed by atoms with Gasteiger partial charge in [0.05, 0.1) is 17.1 Å². The first-order valence-corrected chi connectivity index (χ1v) is 8.38. The molecular formula is C14H19NO5S. The summed E-state index contributed by atoms with van der Waals surface area (Å²) < 4.78 is 32.4. The number of carboxylic acids is 1. The van der Waals surface area contributed by atoms with Crippen LogP contribution in [-0.4, -0.2) is 38.7 Å². The lowest BCUT2D eigenvalue weighted by Gasteiger charge is -2.23. The van der Waals surface area contributed by atoms with Crippen LogP contribution in [0.15, 0.2) is 23.1 Å². The highest BCUT2D eigenvalue weighted by molar-refractivity contribution is 7.89. The van der Waals surface area contributed by atoms with Crippen LogP contribution in [0.3, 0.4) is 0 Å². The second kappa shape index (κ2) is 6.55. The summed E-state index contributed by atoms with van der Waals surface area (Å²) in [4.78, 5) is 11.2. The van der Waals surface area contributed by atoms with Gasteiger partial charge in [0.1, 0.15) is 0 Å². The van der Waals surface area contributed by atoms with Gasteiger partial charge in [-0.3, -0.25) is 0 Å². The van der Waals surface area contributed by atoms with Crippen LogP contribution in [0, 0.1) is 0 Å². The largest absolute Gasteiger partial charge is 0.478 e. The maximum atomic E-state index is 12.3. The molecule has 2 N–H and O–H groups in total. The van der Waals surface area contributed by atoms with Gasteiger partial charge in [0, 0.05) is 12.6 Å². The molecule has 0 radical (unpaired) electrons. The second-order valence-electron chi connectivity index (χ2n) is 5.01. The molecule has 6 nitrogen and oxygen atoms in total. The third kappa shape index (κ3) is 3.81. The first kappa shape index (κ1) is 15.9. The van der Waals surface area contributed by atoms with Gasteiger partial charge in [0.25, 0.3) is 0 Å². The molecule has 0 aromatic heterocycles. The molecule has 7 heteroatoms. The molecule has 21 heavy (non-hydrogen) atoms. The summed E-state index contributed by atoms with van der Waals surface area (Å²) in [6.07, 6.45) is 2.06. The van der Waals surface area contributed by atoms with E-state index in [0.29, 0.717) is 25.2 Å². The van der Waals surface area contributed by atoms with Gasteiger partial charge in [-0.15, -0.1) is 0 Å². The van der Waals surface area contributed by atoms with E-state index in [4.69, 9.17) is 4.74 Å². The summed E-state index contributed by atoms with van der Waals surface area (Å²) in [6.45, 7) is 2.82. The van der Waals surface area contributed by atoms with E-state index in [1.165, 1.54) is 12.1 Å². The Kier molecular flexibility index (Phi) is 4.97. The topological polar surface area (TPSA) is 92.7 Å². The molecule has 1 saturated heterocycles. The summed E-state index contributed by atoms with van der Waals surface area (Å²) in [5.74, 6) is -1.12. The Morgan fingerprint density at radius 1 is 1.48 bits per heavy atom. The summed E-state index contributed by atoms with van der Waals surface area (Å²) in [6, 6.07) is 3.95. The lowest BCUT2D eigenvalue weighted by Crippen LogP contribution is -2.40. The molecule has 1 aromatic rings. The molecule has 1 unspecified atom stereocenters. The monoisotopic (exact) mass is 313 g/mol. The fourth-order valence-electron chi connectivity index (χ4n) is 2.35. The van der Waals surface area contributed by atoms with Gasteiger partial charge in [-0.05, 0) is 37.0 Å². The van der Waals surface area contributed by atoms with E-state index >= 15 is 0 Å². The molecule has 1 aliphatic heterocycles. The van der Waals surface area contributed by atoms with Crippen molar-refractivity contribution in [3.8, 4) is 0 Å². The van der Waals surface area contributed by atoms with Crippen molar-refractivity contribution in [1.29, 1.82) is 0 Å². The van der Waals surface area contributed by atoms with E-state index in [2.05, 4.69) is 4.72 Å². The number of aryl methyl sites for hydroxylation is 1. The lowest BCUT2D eigenvalue weighted by molar-refractivity contribution is 0.0695. The molecule has 0 saturated carbocycles. The smallest absolute Gasteiger partial charge is 0.336 e. The van der Waals surface area contributed by atoms with Crippen LogP contribution in [0.2, 0.25) is 0 Å². The van der Waals surface area contributed by atoms with E-state index in [1.54, 1.807) is 6.07 Å². The summed E-state index contributed by atoms with van der Waals surface area (Å²) >= 11 is 0. The van der Waals surface area contributed by atoms with Crippen molar-refractivity contribution in [3.05, 3.63) is 29.3 Å². The Labute approximate surface area is 124 Å². The van der Waals surface area contributed by atoms with Crippen molar-refractivity contribution in [2.75, 3.05) is 13.2 Å². The van der Waals surface area contributed by atoms with E-state index < -0.39 is 16.0 Å². The van der Waals surface area contributed by atoms with Gasteiger partial charge in [-0.25, -0.2) is 17.9 Å². The molecule has 0 amide bonds. The van der Waals surface area contributed by atoms with Crippen LogP contribution < -0.4 is 4.72 Å². The van der Waals surface area contributed by atoms with E-state index in [1.807, 2.05) is 6.92 Å². The van der Waals surface area contributed by atoms with Gasteiger partial charge in [0.2, 0.25) is 10.0 Å². The Morgan fingerprint density at radius 3 is 2.81 bits per heavy atom. The standard InChI is InChI=1S/C14H19NO5S/c1-2-10-5-6-12(8-13(10)14(16)17)21(18,19)15-11-4-3-7-20-9-11/h5-6,8,11,15H,2-4,7,9H2,1H3,(H,16,17). The van der Waals surface area contributed by atoms with Gasteiger partial charge in [-0.1, -0.05) is 13.0 Å². The number of hydrogen-bond acceptors (Lipinski definition) is 4. The fourth-order valence-corrected chi connectivity index (χ4v) is 3.63. The van der Waals surface area contributed by atoms with E-state index in [9.17, 15) is 18.3 Å². The highest BCUT2D eigenvalue weighted by Crippen LogP contribution is 2.18. The van der Waals surface area contributed by atoms with Crippen LogP contribution in [0.25, 0.3) is 0 Å². The SMILES string of the molecule is CCc1ccc(S(=O)(=O)NC2CCCOC2)cc1C(=O)O. The predicted octanol–water partition coefficient (Wildman–Crippen LogP) is 1.40. The molecule has 1 aromatic carbocycles. The van der Waals surface area contributed by atoms with E-state index in [0.717, 1.165) is 12.8 Å². The van der Waals surface area contributed by atoms with Crippen LogP contribution in [0.4, 0.5) is 0 Å². The molecule has 116 valence electrons. The maximum Gasteiger partial charge on any atom is 0.336 e. The normalized spacial score (nSPS) is 19.4. The minimum absolute atomic E-state index is 0.0253. The van der Waals surface area contributed by atoms with Gasteiger partial charge in [0.15, 0.2) is 0 Å². The summed E-state index contributed by atoms with van der Waals surface area (Å²) in [7, 11) is -3.73. The molecule has 2 rings (SSSR count). The number of rotatable bonds is 5. The Bertz CT molecular complexity index is 620. The quantitative estimate of drug-likeness (QED) is 0.857. The van der Waals surface area contributed by atoms with Crippen molar-refractivity contribution < 1.29 is 23.1 Å². The fraction of sp³-hybridized carbons (Fsp3) is 0.500. The zero-order chi connectivity index (χ0) is 15.5. The zero-order valence-corrected chi connectivity index (χ0v) is 12.6. The van der Waals surface area contributed by atoms with Gasteiger partial charge >= 0.3 is 5.97 Å². The minimum Gasteiger partial charge on any atom is -0.478 e. The van der Waals surface area contributed by atoms with Gasteiger partial charge < -0.3 is 9.84 Å². The average Bonchev–Trinajstić information content (AvgIpc) is 2.47. The van der Waals surface area contributed by atoms with Gasteiger partial charge in [-0.2, -0.15) is 0 Å². The summed E-state index contributed by atoms with van der Waals surface area (Å²) in [5, 5.41) is 9.17. The van der Waals surface area contributed by atoms with Crippen LogP contribution >= 0.6 is 0 Å². The number of ether oxygens (including phenoxy) is 1. The molecule has 1 aliphatic rings. The molecule has 0 aliphatic carbocycles.